The summed E-state index contributed by atoms with van der Waals surface area (Å²) >= 11 is 0. The molecule has 2 aromatic heterocycles. The lowest BCUT2D eigenvalue weighted by Crippen LogP contribution is -2.08. The number of hydrogen-bond acceptors (Lipinski definition) is 3. The zero-order valence-corrected chi connectivity index (χ0v) is 25.5. The van der Waals surface area contributed by atoms with E-state index in [2.05, 4.69) is 140 Å². The number of hydrogen-bond donors (Lipinski definition) is 0. The number of benzene rings is 7. The third kappa shape index (κ3) is 4.00. The smallest absolute Gasteiger partial charge is 0.142 e. The molecular weight excluding hydrogens is 572 g/mol. The van der Waals surface area contributed by atoms with E-state index in [4.69, 9.17) is 14.4 Å². The molecule has 0 aliphatic heterocycles. The van der Waals surface area contributed by atoms with Crippen LogP contribution in [0.4, 0.5) is 0 Å². The predicted octanol–water partition coefficient (Wildman–Crippen LogP) is 11.8. The third-order valence-electron chi connectivity index (χ3n) is 9.80. The molecule has 9 aromatic rings. The SMILES string of the molecule is C1=CC(c2nc3c4ccccc4c4ccccc4c3nc2-c2cccc3ccccc23)CC(c2cccc3c2oc2ccccc23)=C1. The minimum Gasteiger partial charge on any atom is -0.455 e. The van der Waals surface area contributed by atoms with Crippen molar-refractivity contribution in [3.05, 3.63) is 163 Å². The molecule has 0 N–H and O–H groups in total. The van der Waals surface area contributed by atoms with Crippen LogP contribution in [0.3, 0.4) is 0 Å². The maximum absolute atomic E-state index is 6.47. The van der Waals surface area contributed by atoms with Crippen molar-refractivity contribution in [3.63, 3.8) is 0 Å². The Kier molecular flexibility index (Phi) is 5.70. The van der Waals surface area contributed by atoms with Gasteiger partial charge in [-0.2, -0.15) is 0 Å². The molecule has 2 heterocycles. The molecular formula is C44H28N2O. The van der Waals surface area contributed by atoms with Crippen molar-refractivity contribution >= 4 is 70.9 Å². The van der Waals surface area contributed by atoms with Gasteiger partial charge in [-0.15, -0.1) is 0 Å². The van der Waals surface area contributed by atoms with E-state index in [1.165, 1.54) is 27.1 Å². The molecule has 0 bridgehead atoms. The van der Waals surface area contributed by atoms with Gasteiger partial charge in [0.2, 0.25) is 0 Å². The molecule has 47 heavy (non-hydrogen) atoms. The lowest BCUT2D eigenvalue weighted by molar-refractivity contribution is 0.667. The standard InChI is InChI=1S/C44H28N2O/c1-2-16-30-27(12-1)13-10-23-35(30)41-40(45-42-36-20-5-3-17-32(36)33-18-4-6-21-37(33)43(42)46-41)29-15-9-14-28(26-29)31-22-11-24-38-34-19-7-8-25-39(34)47-44(31)38/h1-25,29H,26H2. The number of fused-ring (bicyclic) bond motifs is 10. The van der Waals surface area contributed by atoms with Crippen molar-refractivity contribution in [1.82, 2.24) is 9.97 Å². The Balaban J connectivity index is 1.23. The number of furan rings is 1. The topological polar surface area (TPSA) is 38.9 Å². The fraction of sp³-hybridized carbons (Fsp3) is 0.0455. The van der Waals surface area contributed by atoms with Crippen molar-refractivity contribution in [2.24, 2.45) is 0 Å². The van der Waals surface area contributed by atoms with E-state index in [-0.39, 0.29) is 5.92 Å². The fourth-order valence-electron chi connectivity index (χ4n) is 7.63. The van der Waals surface area contributed by atoms with Crippen LogP contribution in [0.5, 0.6) is 0 Å². The molecule has 1 unspecified atom stereocenters. The highest BCUT2D eigenvalue weighted by Gasteiger charge is 2.25. The zero-order chi connectivity index (χ0) is 30.9. The molecule has 7 aromatic carbocycles. The Morgan fingerprint density at radius 3 is 1.91 bits per heavy atom. The molecule has 220 valence electrons. The van der Waals surface area contributed by atoms with Gasteiger partial charge in [-0.25, -0.2) is 9.97 Å². The van der Waals surface area contributed by atoms with Crippen LogP contribution in [0.25, 0.3) is 82.1 Å². The number of para-hydroxylation sites is 2. The molecule has 1 aliphatic rings. The van der Waals surface area contributed by atoms with Gasteiger partial charge in [0, 0.05) is 38.6 Å². The highest BCUT2D eigenvalue weighted by Crippen LogP contribution is 2.43. The van der Waals surface area contributed by atoms with Gasteiger partial charge in [0.25, 0.3) is 0 Å². The second-order valence-electron chi connectivity index (χ2n) is 12.4. The minimum atomic E-state index is 0.0192. The highest BCUT2D eigenvalue weighted by atomic mass is 16.3. The number of aromatic nitrogens is 2. The molecule has 3 heteroatoms. The Bertz CT molecular complexity index is 2780. The maximum Gasteiger partial charge on any atom is 0.142 e. The first-order chi connectivity index (χ1) is 23.3. The van der Waals surface area contributed by atoms with Crippen LogP contribution in [0, 0.1) is 0 Å². The Labute approximate surface area is 271 Å². The largest absolute Gasteiger partial charge is 0.455 e. The summed E-state index contributed by atoms with van der Waals surface area (Å²) in [6.45, 7) is 0. The van der Waals surface area contributed by atoms with Crippen LogP contribution in [-0.2, 0) is 0 Å². The Hall–Kier alpha value is -6.06. The normalized spacial score (nSPS) is 15.0. The molecule has 0 amide bonds. The summed E-state index contributed by atoms with van der Waals surface area (Å²) in [5.41, 5.74) is 9.13. The van der Waals surface area contributed by atoms with Crippen LogP contribution in [-0.4, -0.2) is 9.97 Å². The summed E-state index contributed by atoms with van der Waals surface area (Å²) in [7, 11) is 0. The van der Waals surface area contributed by atoms with E-state index >= 15 is 0 Å². The van der Waals surface area contributed by atoms with Crippen LogP contribution >= 0.6 is 0 Å². The summed E-state index contributed by atoms with van der Waals surface area (Å²) in [6, 6.07) is 47.0. The lowest BCUT2D eigenvalue weighted by atomic mass is 9.85. The molecule has 1 atom stereocenters. The van der Waals surface area contributed by atoms with Gasteiger partial charge in [-0.3, -0.25) is 0 Å². The number of nitrogens with zero attached hydrogens (tertiary/aromatic N) is 2. The molecule has 3 nitrogen and oxygen atoms in total. The Morgan fingerprint density at radius 2 is 1.11 bits per heavy atom. The molecule has 0 fully saturated rings. The molecule has 1 aliphatic carbocycles. The first kappa shape index (κ1) is 26.2. The molecule has 0 saturated heterocycles. The van der Waals surface area contributed by atoms with Crippen LogP contribution < -0.4 is 0 Å². The van der Waals surface area contributed by atoms with E-state index < -0.39 is 0 Å². The van der Waals surface area contributed by atoms with E-state index in [0.717, 1.165) is 72.7 Å². The second-order valence-corrected chi connectivity index (χ2v) is 12.4. The average molecular weight is 601 g/mol. The number of allylic oxidation sites excluding steroid dienone is 4. The van der Waals surface area contributed by atoms with Gasteiger partial charge in [-0.05, 0) is 39.6 Å². The molecule has 10 rings (SSSR count). The monoisotopic (exact) mass is 600 g/mol. The second kappa shape index (κ2) is 10.2. The summed E-state index contributed by atoms with van der Waals surface area (Å²) in [5, 5.41) is 9.31. The lowest BCUT2D eigenvalue weighted by Gasteiger charge is -2.22. The van der Waals surface area contributed by atoms with Gasteiger partial charge in [0.15, 0.2) is 0 Å². The van der Waals surface area contributed by atoms with E-state index in [0.29, 0.717) is 0 Å². The summed E-state index contributed by atoms with van der Waals surface area (Å²) < 4.78 is 6.47. The van der Waals surface area contributed by atoms with E-state index in [1.807, 2.05) is 12.1 Å². The van der Waals surface area contributed by atoms with Gasteiger partial charge >= 0.3 is 0 Å². The van der Waals surface area contributed by atoms with E-state index in [9.17, 15) is 0 Å². The first-order valence-corrected chi connectivity index (χ1v) is 16.2. The summed E-state index contributed by atoms with van der Waals surface area (Å²) in [4.78, 5) is 11.2. The first-order valence-electron chi connectivity index (χ1n) is 16.2. The van der Waals surface area contributed by atoms with Crippen molar-refractivity contribution in [2.45, 2.75) is 12.3 Å². The average Bonchev–Trinajstić information content (AvgIpc) is 3.53. The number of rotatable bonds is 3. The summed E-state index contributed by atoms with van der Waals surface area (Å²) in [5.74, 6) is 0.0192. The molecule has 0 saturated carbocycles. The minimum absolute atomic E-state index is 0.0192. The Morgan fingerprint density at radius 1 is 0.511 bits per heavy atom. The van der Waals surface area contributed by atoms with E-state index in [1.54, 1.807) is 0 Å². The van der Waals surface area contributed by atoms with Crippen LogP contribution in [0.1, 0.15) is 23.6 Å². The fourth-order valence-corrected chi connectivity index (χ4v) is 7.63. The molecule has 0 spiro atoms. The van der Waals surface area contributed by atoms with Gasteiger partial charge in [0.1, 0.15) is 11.2 Å². The van der Waals surface area contributed by atoms with Crippen molar-refractivity contribution in [2.75, 3.05) is 0 Å². The summed E-state index contributed by atoms with van der Waals surface area (Å²) in [6.07, 6.45) is 7.49. The van der Waals surface area contributed by atoms with Crippen LogP contribution in [0.2, 0.25) is 0 Å². The van der Waals surface area contributed by atoms with Crippen molar-refractivity contribution in [3.8, 4) is 11.3 Å². The van der Waals surface area contributed by atoms with Crippen molar-refractivity contribution < 1.29 is 4.42 Å². The van der Waals surface area contributed by atoms with Crippen LogP contribution in [0.15, 0.2) is 156 Å². The quantitative estimate of drug-likeness (QED) is 0.189. The maximum atomic E-state index is 6.47. The van der Waals surface area contributed by atoms with Crippen molar-refractivity contribution in [1.29, 1.82) is 0 Å². The third-order valence-corrected chi connectivity index (χ3v) is 9.80. The predicted molar refractivity (Wildman–Crippen MR) is 196 cm³/mol. The van der Waals surface area contributed by atoms with Gasteiger partial charge in [0.05, 0.1) is 22.4 Å². The van der Waals surface area contributed by atoms with Gasteiger partial charge < -0.3 is 4.42 Å². The highest BCUT2D eigenvalue weighted by molar-refractivity contribution is 6.23. The molecule has 0 radical (unpaired) electrons. The van der Waals surface area contributed by atoms with Gasteiger partial charge in [-0.1, -0.05) is 146 Å². The zero-order valence-electron chi connectivity index (χ0n) is 25.5.